The number of nitriles is 2. The first-order chi connectivity index (χ1) is 20.7. The van der Waals surface area contributed by atoms with Crippen LogP contribution in [-0.4, -0.2) is 63.5 Å². The molecular formula is C34H42N4O5. The highest BCUT2D eigenvalue weighted by Gasteiger charge is 2.18. The summed E-state index contributed by atoms with van der Waals surface area (Å²) in [7, 11) is 0. The van der Waals surface area contributed by atoms with E-state index in [-0.39, 0.29) is 24.4 Å². The van der Waals surface area contributed by atoms with Gasteiger partial charge in [0.15, 0.2) is 0 Å². The summed E-state index contributed by atoms with van der Waals surface area (Å²) < 4.78 is 16.3. The number of anilines is 2. The third kappa shape index (κ3) is 11.0. The number of benzene rings is 2. The highest BCUT2D eigenvalue weighted by Crippen LogP contribution is 2.18. The fraction of sp³-hybridized carbons (Fsp3) is 0.412. The first-order valence-electron chi connectivity index (χ1n) is 14.6. The molecule has 0 saturated carbocycles. The lowest BCUT2D eigenvalue weighted by Gasteiger charge is -2.20. The molecule has 0 bridgehead atoms. The first-order valence-corrected chi connectivity index (χ1v) is 14.6. The molecule has 2 atom stereocenters. The Hall–Kier alpha value is -4.60. The van der Waals surface area contributed by atoms with Gasteiger partial charge in [0, 0.05) is 37.6 Å². The summed E-state index contributed by atoms with van der Waals surface area (Å²) in [6.07, 6.45) is 1.81. The maximum Gasteiger partial charge on any atom is 0.349 e. The second-order valence-electron chi connectivity index (χ2n) is 9.83. The van der Waals surface area contributed by atoms with Crippen molar-refractivity contribution in [2.45, 2.75) is 53.8 Å². The predicted octanol–water partition coefficient (Wildman–Crippen LogP) is 5.77. The molecule has 0 amide bonds. The predicted molar refractivity (Wildman–Crippen MR) is 169 cm³/mol. The number of nitrogens with zero attached hydrogens (tertiary/aromatic N) is 4. The van der Waals surface area contributed by atoms with Crippen LogP contribution in [-0.2, 0) is 23.8 Å². The van der Waals surface area contributed by atoms with Gasteiger partial charge < -0.3 is 24.0 Å². The van der Waals surface area contributed by atoms with Crippen LogP contribution in [0, 0.1) is 22.7 Å². The van der Waals surface area contributed by atoms with Crippen LogP contribution >= 0.6 is 0 Å². The molecule has 0 aliphatic rings. The largest absolute Gasteiger partial charge is 0.459 e. The van der Waals surface area contributed by atoms with Gasteiger partial charge in [-0.3, -0.25) is 0 Å². The van der Waals surface area contributed by atoms with E-state index in [9.17, 15) is 20.1 Å². The van der Waals surface area contributed by atoms with Gasteiger partial charge in [-0.2, -0.15) is 10.5 Å². The number of carbonyl (C=O) groups is 2. The van der Waals surface area contributed by atoms with Crippen LogP contribution in [0.15, 0.2) is 59.7 Å². The van der Waals surface area contributed by atoms with Crippen LogP contribution in [0.2, 0.25) is 0 Å². The molecule has 0 N–H and O–H groups in total. The van der Waals surface area contributed by atoms with Crippen molar-refractivity contribution in [1.82, 2.24) is 0 Å². The Kier molecular flexibility index (Phi) is 14.5. The van der Waals surface area contributed by atoms with E-state index >= 15 is 0 Å². The van der Waals surface area contributed by atoms with E-state index in [2.05, 4.69) is 37.5 Å². The molecule has 9 heteroatoms. The van der Waals surface area contributed by atoms with E-state index < -0.39 is 24.1 Å². The lowest BCUT2D eigenvalue weighted by Crippen LogP contribution is -2.26. The van der Waals surface area contributed by atoms with Gasteiger partial charge in [0.25, 0.3) is 0 Å². The fourth-order valence-corrected chi connectivity index (χ4v) is 4.25. The second kappa shape index (κ2) is 18.0. The van der Waals surface area contributed by atoms with Gasteiger partial charge in [-0.1, -0.05) is 24.3 Å². The van der Waals surface area contributed by atoms with Crippen molar-refractivity contribution in [3.8, 4) is 12.1 Å². The number of carbonyl (C=O) groups excluding carboxylic acids is 2. The maximum atomic E-state index is 12.6. The molecule has 0 saturated heterocycles. The van der Waals surface area contributed by atoms with Crippen molar-refractivity contribution in [3.63, 3.8) is 0 Å². The Morgan fingerprint density at radius 3 is 1.51 bits per heavy atom. The number of esters is 2. The number of rotatable bonds is 16. The van der Waals surface area contributed by atoms with Crippen LogP contribution < -0.4 is 9.80 Å². The highest BCUT2D eigenvalue weighted by molar-refractivity contribution is 5.98. The molecule has 0 heterocycles. The summed E-state index contributed by atoms with van der Waals surface area (Å²) >= 11 is 0. The first kappa shape index (κ1) is 34.6. The van der Waals surface area contributed by atoms with E-state index in [4.69, 9.17) is 14.2 Å². The van der Waals surface area contributed by atoms with E-state index in [1.807, 2.05) is 60.7 Å². The van der Waals surface area contributed by atoms with E-state index in [0.717, 1.165) is 37.6 Å². The van der Waals surface area contributed by atoms with Crippen molar-refractivity contribution in [2.24, 2.45) is 0 Å². The van der Waals surface area contributed by atoms with Crippen LogP contribution in [0.4, 0.5) is 11.4 Å². The smallest absolute Gasteiger partial charge is 0.349 e. The minimum absolute atomic E-state index is 0.0293. The summed E-state index contributed by atoms with van der Waals surface area (Å²) in [5.74, 6) is -1.50. The van der Waals surface area contributed by atoms with Crippen molar-refractivity contribution in [1.29, 1.82) is 10.5 Å². The zero-order valence-corrected chi connectivity index (χ0v) is 26.0. The van der Waals surface area contributed by atoms with Crippen molar-refractivity contribution in [3.05, 3.63) is 70.8 Å². The van der Waals surface area contributed by atoms with Crippen LogP contribution in [0.5, 0.6) is 0 Å². The molecule has 0 spiro atoms. The molecular weight excluding hydrogens is 544 g/mol. The van der Waals surface area contributed by atoms with Crippen LogP contribution in [0.25, 0.3) is 12.2 Å². The summed E-state index contributed by atoms with van der Waals surface area (Å²) in [5, 5.41) is 19.0. The molecule has 0 aromatic heterocycles. The molecule has 2 aromatic carbocycles. The fourth-order valence-electron chi connectivity index (χ4n) is 4.25. The Morgan fingerprint density at radius 1 is 0.698 bits per heavy atom. The van der Waals surface area contributed by atoms with Crippen molar-refractivity contribution in [2.75, 3.05) is 49.2 Å². The van der Waals surface area contributed by atoms with Gasteiger partial charge in [0.05, 0.1) is 12.7 Å². The molecule has 0 aliphatic heterocycles. The van der Waals surface area contributed by atoms with Crippen molar-refractivity contribution < 1.29 is 23.8 Å². The zero-order valence-electron chi connectivity index (χ0n) is 26.0. The Labute approximate surface area is 255 Å². The molecule has 2 rings (SSSR count). The summed E-state index contributed by atoms with van der Waals surface area (Å²) in [4.78, 5) is 29.5. The number of ether oxygens (including phenoxy) is 3. The third-order valence-corrected chi connectivity index (χ3v) is 6.72. The average Bonchev–Trinajstić information content (AvgIpc) is 3.02. The Balaban J connectivity index is 1.86. The number of hydrogen-bond donors (Lipinski definition) is 0. The van der Waals surface area contributed by atoms with Gasteiger partial charge in [0.2, 0.25) is 0 Å². The van der Waals surface area contributed by atoms with E-state index in [1.54, 1.807) is 13.8 Å². The minimum Gasteiger partial charge on any atom is -0.459 e. The molecule has 228 valence electrons. The number of hydrogen-bond acceptors (Lipinski definition) is 9. The van der Waals surface area contributed by atoms with Gasteiger partial charge in [0.1, 0.15) is 36.0 Å². The van der Waals surface area contributed by atoms with Gasteiger partial charge >= 0.3 is 11.9 Å². The highest BCUT2D eigenvalue weighted by atomic mass is 16.6. The van der Waals surface area contributed by atoms with Crippen molar-refractivity contribution >= 4 is 35.5 Å². The van der Waals surface area contributed by atoms with Crippen LogP contribution in [0.3, 0.4) is 0 Å². The summed E-state index contributed by atoms with van der Waals surface area (Å²) in [6, 6.07) is 19.0. The molecule has 0 fully saturated rings. The lowest BCUT2D eigenvalue weighted by molar-refractivity contribution is -0.149. The molecule has 0 aliphatic carbocycles. The molecule has 43 heavy (non-hydrogen) atoms. The zero-order chi connectivity index (χ0) is 31.8. The minimum atomic E-state index is -0.751. The summed E-state index contributed by atoms with van der Waals surface area (Å²) in [6.45, 7) is 15.1. The SMILES string of the molecule is CCN(CC)c1ccc(/C=C(\C#N)C(=O)OCC(C)OCC(C)OC(=O)/C(C#N)=C/c2ccc(N(CC)CC)cc2)cc1. The average molecular weight is 587 g/mol. The van der Waals surface area contributed by atoms with Gasteiger partial charge in [-0.25, -0.2) is 9.59 Å². The summed E-state index contributed by atoms with van der Waals surface area (Å²) in [5.41, 5.74) is 3.31. The Morgan fingerprint density at radius 2 is 1.12 bits per heavy atom. The van der Waals surface area contributed by atoms with Crippen LogP contribution in [0.1, 0.15) is 52.7 Å². The quantitative estimate of drug-likeness (QED) is 0.137. The second-order valence-corrected chi connectivity index (χ2v) is 9.83. The lowest BCUT2D eigenvalue weighted by atomic mass is 10.1. The standard InChI is InChI=1S/C34H42N4O5/c1-7-37(8-2)31-15-11-27(12-16-31)19-29(21-35)33(39)42-23-25(5)41-24-26(6)43-34(40)30(22-36)20-28-13-17-32(18-14-28)38(9-3)10-4/h11-20,25-26H,7-10,23-24H2,1-6H3/b29-19+,30-20+. The van der Waals surface area contributed by atoms with Gasteiger partial charge in [-0.05, 0) is 89.1 Å². The molecule has 2 aromatic rings. The molecule has 2 unspecified atom stereocenters. The maximum absolute atomic E-state index is 12.6. The van der Waals surface area contributed by atoms with Gasteiger partial charge in [-0.15, -0.1) is 0 Å². The Bertz CT molecular complexity index is 1330. The monoisotopic (exact) mass is 586 g/mol. The van der Waals surface area contributed by atoms with E-state index in [0.29, 0.717) is 11.1 Å². The molecule has 0 radical (unpaired) electrons. The van der Waals surface area contributed by atoms with E-state index in [1.165, 1.54) is 12.2 Å². The third-order valence-electron chi connectivity index (χ3n) is 6.72. The molecule has 9 nitrogen and oxygen atoms in total. The normalized spacial score (nSPS) is 12.8. The topological polar surface area (TPSA) is 116 Å².